The molecule has 0 saturated carbocycles. The van der Waals surface area contributed by atoms with E-state index in [2.05, 4.69) is 4.98 Å². The Morgan fingerprint density at radius 3 is 2.68 bits per heavy atom. The lowest BCUT2D eigenvalue weighted by atomic mass is 10.1. The minimum absolute atomic E-state index is 0.458. The summed E-state index contributed by atoms with van der Waals surface area (Å²) in [4.78, 5) is 4.29. The summed E-state index contributed by atoms with van der Waals surface area (Å²) in [7, 11) is 0. The molecule has 0 spiro atoms. The van der Waals surface area contributed by atoms with E-state index in [0.717, 1.165) is 17.5 Å². The van der Waals surface area contributed by atoms with Crippen molar-refractivity contribution in [1.29, 1.82) is 0 Å². The zero-order chi connectivity index (χ0) is 13.8. The molecule has 0 radical (unpaired) electrons. The third-order valence-electron chi connectivity index (χ3n) is 2.62. The lowest BCUT2D eigenvalue weighted by Gasteiger charge is -2.10. The Kier molecular flexibility index (Phi) is 4.64. The van der Waals surface area contributed by atoms with Crippen molar-refractivity contribution in [2.24, 2.45) is 5.73 Å². The summed E-state index contributed by atoms with van der Waals surface area (Å²) in [5, 5.41) is 1.03. The summed E-state index contributed by atoms with van der Waals surface area (Å²) in [5.41, 5.74) is 7.55. The van der Waals surface area contributed by atoms with Crippen LogP contribution >= 0.6 is 23.2 Å². The van der Waals surface area contributed by atoms with Crippen molar-refractivity contribution in [2.45, 2.75) is 13.3 Å². The van der Waals surface area contributed by atoms with Crippen LogP contribution in [0.4, 0.5) is 0 Å². The van der Waals surface area contributed by atoms with Gasteiger partial charge in [-0.1, -0.05) is 23.2 Å². The number of nitrogens with two attached hydrogens (primary N) is 1. The van der Waals surface area contributed by atoms with Gasteiger partial charge in [0, 0.05) is 16.8 Å². The van der Waals surface area contributed by atoms with Gasteiger partial charge in [-0.2, -0.15) is 0 Å². The molecular formula is C14H14Cl2N2O. The number of benzene rings is 1. The normalized spacial score (nSPS) is 10.5. The molecule has 100 valence electrons. The molecule has 2 aromatic rings. The highest BCUT2D eigenvalue weighted by molar-refractivity contribution is 6.35. The summed E-state index contributed by atoms with van der Waals surface area (Å²) in [6, 6.07) is 7.09. The molecule has 0 aliphatic carbocycles. The van der Waals surface area contributed by atoms with Crippen LogP contribution in [-0.4, -0.2) is 11.5 Å². The van der Waals surface area contributed by atoms with Gasteiger partial charge in [0.1, 0.15) is 5.75 Å². The molecule has 0 aliphatic rings. The molecule has 0 fully saturated rings. The highest BCUT2D eigenvalue weighted by Crippen LogP contribution is 2.32. The highest BCUT2D eigenvalue weighted by atomic mass is 35.5. The number of hydrogen-bond acceptors (Lipinski definition) is 3. The van der Waals surface area contributed by atoms with Gasteiger partial charge in [-0.15, -0.1) is 0 Å². The number of nitrogens with zero attached hydrogens (tertiary/aromatic N) is 1. The van der Waals surface area contributed by atoms with Gasteiger partial charge in [-0.05, 0) is 49.7 Å². The Morgan fingerprint density at radius 1 is 1.26 bits per heavy atom. The lowest BCUT2D eigenvalue weighted by Crippen LogP contribution is -2.03. The first kappa shape index (κ1) is 14.1. The van der Waals surface area contributed by atoms with Crippen molar-refractivity contribution in [1.82, 2.24) is 4.98 Å². The van der Waals surface area contributed by atoms with E-state index in [-0.39, 0.29) is 0 Å². The van der Waals surface area contributed by atoms with Crippen LogP contribution < -0.4 is 10.5 Å². The van der Waals surface area contributed by atoms with Crippen LogP contribution in [0.5, 0.6) is 11.6 Å². The minimum Gasteiger partial charge on any atom is -0.437 e. The maximum atomic E-state index is 6.06. The third-order valence-corrected chi connectivity index (χ3v) is 3.15. The zero-order valence-corrected chi connectivity index (χ0v) is 12.0. The standard InChI is InChI=1S/C14H14Cl2N2O/c1-9-6-10(4-5-17)8-18-14(9)19-13-3-2-11(15)7-12(13)16/h2-3,6-8H,4-5,17H2,1H3. The van der Waals surface area contributed by atoms with Crippen LogP contribution in [0.15, 0.2) is 30.5 Å². The van der Waals surface area contributed by atoms with Gasteiger partial charge < -0.3 is 10.5 Å². The van der Waals surface area contributed by atoms with Crippen LogP contribution in [0, 0.1) is 6.92 Å². The fourth-order valence-electron chi connectivity index (χ4n) is 1.69. The maximum absolute atomic E-state index is 6.06. The third kappa shape index (κ3) is 3.60. The van der Waals surface area contributed by atoms with Gasteiger partial charge in [0.2, 0.25) is 5.88 Å². The zero-order valence-electron chi connectivity index (χ0n) is 10.5. The molecule has 0 bridgehead atoms. The van der Waals surface area contributed by atoms with Crippen molar-refractivity contribution < 1.29 is 4.74 Å². The molecule has 0 unspecified atom stereocenters. The predicted molar refractivity (Wildman–Crippen MR) is 78.3 cm³/mol. The van der Waals surface area contributed by atoms with Crippen molar-refractivity contribution in [3.05, 3.63) is 51.6 Å². The van der Waals surface area contributed by atoms with E-state index in [0.29, 0.717) is 28.2 Å². The van der Waals surface area contributed by atoms with Crippen LogP contribution in [0.2, 0.25) is 10.0 Å². The van der Waals surface area contributed by atoms with E-state index >= 15 is 0 Å². The quantitative estimate of drug-likeness (QED) is 0.928. The van der Waals surface area contributed by atoms with Gasteiger partial charge in [-0.25, -0.2) is 4.98 Å². The summed E-state index contributed by atoms with van der Waals surface area (Å²) >= 11 is 11.9. The van der Waals surface area contributed by atoms with E-state index in [1.165, 1.54) is 0 Å². The molecule has 0 amide bonds. The number of pyridine rings is 1. The van der Waals surface area contributed by atoms with Gasteiger partial charge in [0.05, 0.1) is 5.02 Å². The lowest BCUT2D eigenvalue weighted by molar-refractivity contribution is 0.458. The van der Waals surface area contributed by atoms with E-state index in [4.69, 9.17) is 33.7 Å². The minimum atomic E-state index is 0.458. The molecular weight excluding hydrogens is 283 g/mol. The number of rotatable bonds is 4. The van der Waals surface area contributed by atoms with E-state index in [1.54, 1.807) is 24.4 Å². The van der Waals surface area contributed by atoms with Crippen LogP contribution in [0.3, 0.4) is 0 Å². The van der Waals surface area contributed by atoms with Gasteiger partial charge >= 0.3 is 0 Å². The summed E-state index contributed by atoms with van der Waals surface area (Å²) in [5.74, 6) is 1.07. The first-order valence-electron chi connectivity index (χ1n) is 5.88. The number of aromatic nitrogens is 1. The molecule has 1 heterocycles. The second-order valence-corrected chi connectivity index (χ2v) is 5.02. The smallest absolute Gasteiger partial charge is 0.222 e. The van der Waals surface area contributed by atoms with Crippen molar-refractivity contribution in [2.75, 3.05) is 6.54 Å². The Labute approximate surface area is 122 Å². The van der Waals surface area contributed by atoms with E-state index in [9.17, 15) is 0 Å². The Morgan fingerprint density at radius 2 is 2.05 bits per heavy atom. The molecule has 0 saturated heterocycles. The first-order chi connectivity index (χ1) is 9.10. The number of ether oxygens (including phenoxy) is 1. The molecule has 2 N–H and O–H groups in total. The van der Waals surface area contributed by atoms with Crippen LogP contribution in [-0.2, 0) is 6.42 Å². The average molecular weight is 297 g/mol. The van der Waals surface area contributed by atoms with Gasteiger partial charge in [0.15, 0.2) is 0 Å². The molecule has 0 aliphatic heterocycles. The average Bonchev–Trinajstić information content (AvgIpc) is 2.36. The van der Waals surface area contributed by atoms with Crippen molar-refractivity contribution in [3.63, 3.8) is 0 Å². The second-order valence-electron chi connectivity index (χ2n) is 4.18. The van der Waals surface area contributed by atoms with Gasteiger partial charge in [0.25, 0.3) is 0 Å². The molecule has 19 heavy (non-hydrogen) atoms. The number of aryl methyl sites for hydroxylation is 1. The molecule has 2 rings (SSSR count). The fraction of sp³-hybridized carbons (Fsp3) is 0.214. The highest BCUT2D eigenvalue weighted by Gasteiger charge is 2.08. The molecule has 0 atom stereocenters. The Balaban J connectivity index is 2.23. The maximum Gasteiger partial charge on any atom is 0.222 e. The topological polar surface area (TPSA) is 48.1 Å². The summed E-state index contributed by atoms with van der Waals surface area (Å²) in [6.07, 6.45) is 2.56. The molecule has 5 heteroatoms. The number of hydrogen-bond donors (Lipinski definition) is 1. The van der Waals surface area contributed by atoms with Crippen molar-refractivity contribution >= 4 is 23.2 Å². The SMILES string of the molecule is Cc1cc(CCN)cnc1Oc1ccc(Cl)cc1Cl. The monoisotopic (exact) mass is 296 g/mol. The molecule has 1 aromatic carbocycles. The Bertz CT molecular complexity index is 588. The largest absolute Gasteiger partial charge is 0.437 e. The van der Waals surface area contributed by atoms with E-state index < -0.39 is 0 Å². The first-order valence-corrected chi connectivity index (χ1v) is 6.64. The second kappa shape index (κ2) is 6.24. The van der Waals surface area contributed by atoms with E-state index in [1.807, 2.05) is 13.0 Å². The number of halogens is 2. The van der Waals surface area contributed by atoms with Crippen LogP contribution in [0.25, 0.3) is 0 Å². The fourth-order valence-corrected chi connectivity index (χ4v) is 2.14. The summed E-state index contributed by atoms with van der Waals surface area (Å²) in [6.45, 7) is 2.54. The molecule has 1 aromatic heterocycles. The van der Waals surface area contributed by atoms with Crippen molar-refractivity contribution in [3.8, 4) is 11.6 Å². The van der Waals surface area contributed by atoms with Crippen LogP contribution in [0.1, 0.15) is 11.1 Å². The molecule has 3 nitrogen and oxygen atoms in total. The Hall–Kier alpha value is -1.29. The summed E-state index contributed by atoms with van der Waals surface area (Å²) < 4.78 is 5.70. The van der Waals surface area contributed by atoms with Gasteiger partial charge in [-0.3, -0.25) is 0 Å². The predicted octanol–water partition coefficient (Wildman–Crippen LogP) is 3.99.